The topological polar surface area (TPSA) is 73.2 Å². The third kappa shape index (κ3) is 7.19. The van der Waals surface area contributed by atoms with Gasteiger partial charge in [-0.25, -0.2) is 18.0 Å². The summed E-state index contributed by atoms with van der Waals surface area (Å²) in [5.74, 6) is -4.42. The predicted molar refractivity (Wildman–Crippen MR) is 141 cm³/mol. The van der Waals surface area contributed by atoms with Crippen LogP contribution in [0.25, 0.3) is 0 Å². The Labute approximate surface area is 233 Å². The summed E-state index contributed by atoms with van der Waals surface area (Å²) in [7, 11) is -9.62. The molecule has 39 heavy (non-hydrogen) atoms. The molecule has 0 unspecified atom stereocenters. The Kier molecular flexibility index (Phi) is 10.5. The molecule has 0 atom stereocenters. The molecule has 0 aliphatic heterocycles. The van der Waals surface area contributed by atoms with Crippen molar-refractivity contribution in [3.63, 3.8) is 0 Å². The normalized spacial score (nSPS) is 12.8. The van der Waals surface area contributed by atoms with Gasteiger partial charge in [-0.15, -0.1) is 8.42 Å². The van der Waals surface area contributed by atoms with E-state index in [4.69, 9.17) is 0 Å². The summed E-state index contributed by atoms with van der Waals surface area (Å²) in [6.07, 6.45) is 2.42. The summed E-state index contributed by atoms with van der Waals surface area (Å²) < 4.78 is 106. The maximum absolute atomic E-state index is 15.2. The molecule has 0 amide bonds. The highest BCUT2D eigenvalue weighted by molar-refractivity contribution is 9.09. The largest absolute Gasteiger partial charge is 0.514 e. The van der Waals surface area contributed by atoms with E-state index >= 15 is 8.78 Å². The first kappa shape index (κ1) is 31.1. The van der Waals surface area contributed by atoms with E-state index in [1.807, 2.05) is 0 Å². The lowest BCUT2D eigenvalue weighted by Gasteiger charge is -2.35. The smallest absolute Gasteiger partial charge is 0.460 e. The van der Waals surface area contributed by atoms with Gasteiger partial charge in [0, 0.05) is 5.33 Å². The van der Waals surface area contributed by atoms with Gasteiger partial charge in [0.2, 0.25) is 0 Å². The first-order chi connectivity index (χ1) is 18.4. The molecule has 0 heterocycles. The van der Waals surface area contributed by atoms with Gasteiger partial charge in [0.1, 0.15) is 17.5 Å². The molecule has 0 bridgehead atoms. The second kappa shape index (κ2) is 13.2. The van der Waals surface area contributed by atoms with E-state index in [2.05, 4.69) is 24.3 Å². The molecule has 0 saturated carbocycles. The molecule has 0 fully saturated rings. The molecule has 13 heteroatoms. The van der Waals surface area contributed by atoms with E-state index in [1.165, 1.54) is 0 Å². The number of halogens is 6. The zero-order chi connectivity index (χ0) is 28.7. The van der Waals surface area contributed by atoms with E-state index < -0.39 is 55.7 Å². The van der Waals surface area contributed by atoms with E-state index in [0.717, 1.165) is 91.0 Å². The average molecular weight is 657 g/mol. The first-order valence-electron chi connectivity index (χ1n) is 11.6. The molecule has 0 aliphatic carbocycles. The Balaban J connectivity index is 2.09. The number of hydrogen-bond donors (Lipinski definition) is 0. The summed E-state index contributed by atoms with van der Waals surface area (Å²) >= 11 is 3.26. The van der Waals surface area contributed by atoms with Crippen molar-refractivity contribution in [3.8, 4) is 0 Å². The first-order valence-corrected chi connectivity index (χ1v) is 15.8. The fourth-order valence-electron chi connectivity index (χ4n) is 3.53. The van der Waals surface area contributed by atoms with E-state index in [9.17, 15) is 26.4 Å². The van der Waals surface area contributed by atoms with Crippen molar-refractivity contribution in [2.75, 3.05) is 11.9 Å². The van der Waals surface area contributed by atoms with E-state index in [-0.39, 0.29) is 21.1 Å². The minimum atomic E-state index is -5.98. The molecular weight excluding hydrogens is 631 g/mol. The summed E-state index contributed by atoms with van der Waals surface area (Å²) in [6, 6.07) is 12.6. The lowest BCUT2D eigenvalue weighted by molar-refractivity contribution is -0.161. The standard InChI is InChI=1S/C26H24BrF5O5S2/c27-17-3-1-2-4-18-36-25(33)26(31,32)39(34,35)37-38(22-11-5-19(28)6-12-22,23-13-7-20(29)8-14-23)24-15-9-21(30)10-16-24/h5-16H,1-4,17-18H2/p+1. The van der Waals surface area contributed by atoms with Gasteiger partial charge in [0.25, 0.3) is 0 Å². The van der Waals surface area contributed by atoms with Crippen LogP contribution >= 0.6 is 26.2 Å². The number of rotatable bonds is 13. The Bertz CT molecular complexity index is 1240. The SMILES string of the molecule is O=C(OCCCCCCBr)C(F)(F)S(=O)(=O)[OH+]S(c1ccc(F)cc1)(c1ccc(F)cc1)c1ccc(F)cc1. The third-order valence-electron chi connectivity index (χ3n) is 5.50. The van der Waals surface area contributed by atoms with Crippen LogP contribution in [0.2, 0.25) is 0 Å². The van der Waals surface area contributed by atoms with Crippen LogP contribution in [0, 0.1) is 17.5 Å². The van der Waals surface area contributed by atoms with Gasteiger partial charge in [0.15, 0.2) is 0 Å². The number of carbonyl (C=O) groups is 1. The van der Waals surface area contributed by atoms with Crippen molar-refractivity contribution in [3.05, 3.63) is 90.2 Å². The molecule has 5 nitrogen and oxygen atoms in total. The van der Waals surface area contributed by atoms with Crippen molar-refractivity contribution < 1.29 is 43.5 Å². The molecule has 3 rings (SSSR count). The van der Waals surface area contributed by atoms with E-state index in [0.29, 0.717) is 6.42 Å². The second-order valence-electron chi connectivity index (χ2n) is 8.25. The fourth-order valence-corrected chi connectivity index (χ4v) is 9.19. The van der Waals surface area contributed by atoms with Crippen molar-refractivity contribution in [2.24, 2.45) is 0 Å². The zero-order valence-corrected chi connectivity index (χ0v) is 23.6. The second-order valence-corrected chi connectivity index (χ2v) is 13.7. The summed E-state index contributed by atoms with van der Waals surface area (Å²) in [5, 5.41) is -4.33. The van der Waals surface area contributed by atoms with Crippen LogP contribution < -0.4 is 0 Å². The molecule has 0 aromatic heterocycles. The number of benzene rings is 3. The minimum absolute atomic E-state index is 0.0401. The minimum Gasteiger partial charge on any atom is -0.460 e. The van der Waals surface area contributed by atoms with Gasteiger partial charge in [-0.05, 0) is 85.6 Å². The molecule has 3 aromatic carbocycles. The summed E-state index contributed by atoms with van der Waals surface area (Å²) in [5.41, 5.74) is 0. The van der Waals surface area contributed by atoms with E-state index in [1.54, 1.807) is 0 Å². The Hall–Kier alpha value is -2.48. The maximum Gasteiger partial charge on any atom is 0.514 e. The van der Waals surface area contributed by atoms with Crippen LogP contribution in [0.1, 0.15) is 25.7 Å². The quantitative estimate of drug-likeness (QED) is 0.0470. The third-order valence-corrected chi connectivity index (χ3v) is 11.4. The highest BCUT2D eigenvalue weighted by Gasteiger charge is 2.63. The lowest BCUT2D eigenvalue weighted by atomic mass is 10.2. The number of ether oxygens (including phenoxy) is 1. The van der Waals surface area contributed by atoms with Crippen LogP contribution in [0.4, 0.5) is 22.0 Å². The van der Waals surface area contributed by atoms with Crippen LogP contribution in [-0.4, -0.2) is 35.2 Å². The summed E-state index contributed by atoms with van der Waals surface area (Å²) in [6.45, 7) is -0.419. The van der Waals surface area contributed by atoms with Crippen molar-refractivity contribution in [1.29, 1.82) is 0 Å². The number of carbonyl (C=O) groups excluding carboxylic acids is 1. The fraction of sp³-hybridized carbons (Fsp3) is 0.269. The van der Waals surface area contributed by atoms with Crippen LogP contribution in [0.15, 0.2) is 87.5 Å². The molecule has 0 aliphatic rings. The number of alkyl halides is 3. The van der Waals surface area contributed by atoms with Gasteiger partial charge in [-0.1, -0.05) is 28.8 Å². The molecule has 1 N–H and O–H groups in total. The van der Waals surface area contributed by atoms with Gasteiger partial charge in [0.05, 0.1) is 31.6 Å². The van der Waals surface area contributed by atoms with Crippen LogP contribution in [-0.2, 0) is 19.6 Å². The maximum atomic E-state index is 15.2. The highest BCUT2D eigenvalue weighted by Crippen LogP contribution is 2.68. The molecule has 0 saturated heterocycles. The molecule has 0 spiro atoms. The van der Waals surface area contributed by atoms with Gasteiger partial charge >= 0.3 is 21.3 Å². The van der Waals surface area contributed by atoms with Gasteiger partial charge < -0.3 is 4.74 Å². The van der Waals surface area contributed by atoms with Crippen molar-refractivity contribution in [1.82, 2.24) is 0 Å². The van der Waals surface area contributed by atoms with Crippen molar-refractivity contribution >= 4 is 42.3 Å². The number of esters is 1. The Morgan fingerprint density at radius 1 is 0.718 bits per heavy atom. The van der Waals surface area contributed by atoms with Crippen LogP contribution in [0.3, 0.4) is 0 Å². The number of hydrogen-bond acceptors (Lipinski definition) is 4. The lowest BCUT2D eigenvalue weighted by Crippen LogP contribution is -2.42. The van der Waals surface area contributed by atoms with Crippen LogP contribution in [0.5, 0.6) is 0 Å². The highest BCUT2D eigenvalue weighted by atomic mass is 79.9. The predicted octanol–water partition coefficient (Wildman–Crippen LogP) is 7.82. The molecular formula is C26H25BrF5O5S2+. The van der Waals surface area contributed by atoms with Crippen molar-refractivity contribution in [2.45, 2.75) is 45.6 Å². The average Bonchev–Trinajstić information content (AvgIpc) is 2.90. The van der Waals surface area contributed by atoms with Gasteiger partial charge in [-0.2, -0.15) is 8.78 Å². The van der Waals surface area contributed by atoms with Gasteiger partial charge in [-0.3, -0.25) is 3.63 Å². The number of unbranched alkanes of at least 4 members (excludes halogenated alkanes) is 3. The molecule has 0 radical (unpaired) electrons. The Morgan fingerprint density at radius 3 is 1.49 bits per heavy atom. The monoisotopic (exact) mass is 655 g/mol. The summed E-state index contributed by atoms with van der Waals surface area (Å²) in [4.78, 5) is 12.2. The zero-order valence-electron chi connectivity index (χ0n) is 20.3. The Morgan fingerprint density at radius 2 is 1.10 bits per heavy atom. The molecule has 3 aromatic rings. The molecule has 212 valence electrons.